The van der Waals surface area contributed by atoms with Crippen LogP contribution in [0.3, 0.4) is 0 Å². The molecule has 0 fully saturated rings. The zero-order chi connectivity index (χ0) is 14.4. The van der Waals surface area contributed by atoms with E-state index in [9.17, 15) is 9.59 Å². The molecule has 1 amide bonds. The van der Waals surface area contributed by atoms with Gasteiger partial charge in [0, 0.05) is 14.1 Å². The lowest BCUT2D eigenvalue weighted by molar-refractivity contribution is -0.112. The van der Waals surface area contributed by atoms with Crippen LogP contribution < -0.4 is 9.47 Å². The molecule has 0 unspecified atom stereocenters. The maximum Gasteiger partial charge on any atom is 0.414 e. The van der Waals surface area contributed by atoms with Crippen LogP contribution in [0.4, 0.5) is 4.79 Å². The van der Waals surface area contributed by atoms with E-state index in [0.717, 1.165) is 5.56 Å². The van der Waals surface area contributed by atoms with Crippen molar-refractivity contribution in [2.24, 2.45) is 0 Å². The fourth-order valence-electron chi connectivity index (χ4n) is 1.27. The van der Waals surface area contributed by atoms with E-state index in [2.05, 4.69) is 0 Å². The third-order valence-corrected chi connectivity index (χ3v) is 2.26. The van der Waals surface area contributed by atoms with Crippen molar-refractivity contribution in [3.63, 3.8) is 0 Å². The molecule has 0 saturated carbocycles. The predicted molar refractivity (Wildman–Crippen MR) is 72.4 cm³/mol. The van der Waals surface area contributed by atoms with Crippen LogP contribution in [0.2, 0.25) is 0 Å². The lowest BCUT2D eigenvalue weighted by Crippen LogP contribution is -2.25. The van der Waals surface area contributed by atoms with Gasteiger partial charge in [0.2, 0.25) is 0 Å². The molecule has 0 atom stereocenters. The first-order valence-corrected chi connectivity index (χ1v) is 5.70. The second kappa shape index (κ2) is 6.58. The van der Waals surface area contributed by atoms with Crippen molar-refractivity contribution >= 4 is 18.0 Å². The van der Waals surface area contributed by atoms with Crippen LogP contribution in [0.15, 0.2) is 24.3 Å². The van der Waals surface area contributed by atoms with Crippen molar-refractivity contribution < 1.29 is 19.1 Å². The zero-order valence-corrected chi connectivity index (χ0v) is 11.5. The van der Waals surface area contributed by atoms with Gasteiger partial charge in [0.25, 0.3) is 0 Å². The van der Waals surface area contributed by atoms with Crippen LogP contribution in [-0.4, -0.2) is 38.0 Å². The molecule has 0 saturated heterocycles. The van der Waals surface area contributed by atoms with Crippen molar-refractivity contribution in [1.29, 1.82) is 0 Å². The maximum atomic E-state index is 11.5. The summed E-state index contributed by atoms with van der Waals surface area (Å²) in [6.07, 6.45) is 2.65. The van der Waals surface area contributed by atoms with Crippen molar-refractivity contribution in [2.45, 2.75) is 6.92 Å². The molecule has 1 rings (SSSR count). The van der Waals surface area contributed by atoms with Gasteiger partial charge in [-0.25, -0.2) is 4.79 Å². The van der Waals surface area contributed by atoms with E-state index < -0.39 is 6.09 Å². The highest BCUT2D eigenvalue weighted by Gasteiger charge is 2.11. The Kier molecular flexibility index (Phi) is 5.11. The van der Waals surface area contributed by atoms with Gasteiger partial charge in [-0.1, -0.05) is 12.1 Å². The van der Waals surface area contributed by atoms with Crippen LogP contribution in [0, 0.1) is 0 Å². The molecule has 5 heteroatoms. The quantitative estimate of drug-likeness (QED) is 0.782. The summed E-state index contributed by atoms with van der Waals surface area (Å²) in [5, 5.41) is 0. The fourth-order valence-corrected chi connectivity index (χ4v) is 1.27. The molecular weight excluding hydrogens is 246 g/mol. The summed E-state index contributed by atoms with van der Waals surface area (Å²) in [5.74, 6) is 0.726. The number of amides is 1. The third-order valence-electron chi connectivity index (χ3n) is 2.26. The minimum Gasteiger partial charge on any atom is -0.493 e. The Hall–Kier alpha value is -2.30. The summed E-state index contributed by atoms with van der Waals surface area (Å²) in [4.78, 5) is 23.7. The molecule has 5 nitrogen and oxygen atoms in total. The van der Waals surface area contributed by atoms with E-state index >= 15 is 0 Å². The molecule has 0 spiro atoms. The third kappa shape index (κ3) is 4.46. The van der Waals surface area contributed by atoms with E-state index in [0.29, 0.717) is 11.5 Å². The average molecular weight is 263 g/mol. The highest BCUT2D eigenvalue weighted by atomic mass is 16.6. The number of nitrogens with zero attached hydrogens (tertiary/aromatic N) is 1. The Balaban J connectivity index is 2.96. The molecule has 0 radical (unpaired) electrons. The second-order valence-electron chi connectivity index (χ2n) is 4.12. The first kappa shape index (κ1) is 14.8. The van der Waals surface area contributed by atoms with Gasteiger partial charge in [0.15, 0.2) is 17.3 Å². The summed E-state index contributed by atoms with van der Waals surface area (Å²) in [6, 6.07) is 5.05. The highest BCUT2D eigenvalue weighted by molar-refractivity contribution is 5.91. The van der Waals surface area contributed by atoms with Crippen LogP contribution in [0.1, 0.15) is 12.5 Å². The molecule has 0 aliphatic heterocycles. The number of carbonyl (C=O) groups excluding carboxylic acids is 2. The maximum absolute atomic E-state index is 11.5. The Morgan fingerprint density at radius 3 is 2.42 bits per heavy atom. The molecule has 0 aliphatic carbocycles. The number of rotatable bonds is 4. The van der Waals surface area contributed by atoms with Gasteiger partial charge in [-0.05, 0) is 30.7 Å². The number of methoxy groups -OCH3 is 1. The van der Waals surface area contributed by atoms with Gasteiger partial charge in [0.05, 0.1) is 7.11 Å². The molecule has 0 bridgehead atoms. The largest absolute Gasteiger partial charge is 0.493 e. The minimum absolute atomic E-state index is 0.0397. The lowest BCUT2D eigenvalue weighted by Gasteiger charge is -2.13. The number of ether oxygens (including phenoxy) is 2. The number of hydrogen-bond donors (Lipinski definition) is 0. The van der Waals surface area contributed by atoms with Crippen LogP contribution >= 0.6 is 0 Å². The van der Waals surface area contributed by atoms with E-state index in [4.69, 9.17) is 9.47 Å². The molecule has 1 aromatic carbocycles. The molecule has 19 heavy (non-hydrogen) atoms. The van der Waals surface area contributed by atoms with E-state index in [1.807, 2.05) is 0 Å². The SMILES string of the molecule is COc1cc(C=CC(C)=O)ccc1OC(=O)N(C)C. The van der Waals surface area contributed by atoms with Crippen LogP contribution in [0.25, 0.3) is 6.08 Å². The van der Waals surface area contributed by atoms with E-state index in [1.165, 1.54) is 25.0 Å². The Morgan fingerprint density at radius 1 is 1.21 bits per heavy atom. The lowest BCUT2D eigenvalue weighted by atomic mass is 10.2. The summed E-state index contributed by atoms with van der Waals surface area (Å²) in [5.41, 5.74) is 0.789. The Labute approximate surface area is 112 Å². The van der Waals surface area contributed by atoms with Gasteiger partial charge in [-0.2, -0.15) is 0 Å². The average Bonchev–Trinajstić information content (AvgIpc) is 2.37. The second-order valence-corrected chi connectivity index (χ2v) is 4.12. The van der Waals surface area contributed by atoms with Gasteiger partial charge < -0.3 is 14.4 Å². The molecule has 1 aromatic rings. The first-order chi connectivity index (χ1) is 8.93. The van der Waals surface area contributed by atoms with Gasteiger partial charge >= 0.3 is 6.09 Å². The Bertz CT molecular complexity index is 506. The zero-order valence-electron chi connectivity index (χ0n) is 11.5. The molecule has 0 aliphatic rings. The van der Waals surface area contributed by atoms with Crippen LogP contribution in [-0.2, 0) is 4.79 Å². The fraction of sp³-hybridized carbons (Fsp3) is 0.286. The molecule has 0 N–H and O–H groups in total. The van der Waals surface area contributed by atoms with Crippen LogP contribution in [0.5, 0.6) is 11.5 Å². The molecule has 0 aromatic heterocycles. The normalized spacial score (nSPS) is 10.3. The number of carbonyl (C=O) groups is 2. The Morgan fingerprint density at radius 2 is 1.89 bits per heavy atom. The minimum atomic E-state index is -0.481. The smallest absolute Gasteiger partial charge is 0.414 e. The van der Waals surface area contributed by atoms with Crippen molar-refractivity contribution in [3.8, 4) is 11.5 Å². The summed E-state index contributed by atoms with van der Waals surface area (Å²) in [7, 11) is 4.68. The van der Waals surface area contributed by atoms with Crippen molar-refractivity contribution in [3.05, 3.63) is 29.8 Å². The van der Waals surface area contributed by atoms with Crippen molar-refractivity contribution in [1.82, 2.24) is 4.90 Å². The first-order valence-electron chi connectivity index (χ1n) is 5.70. The van der Waals surface area contributed by atoms with Gasteiger partial charge in [-0.3, -0.25) is 4.79 Å². The van der Waals surface area contributed by atoms with E-state index in [-0.39, 0.29) is 5.78 Å². The highest BCUT2D eigenvalue weighted by Crippen LogP contribution is 2.28. The molecular formula is C14H17NO4. The van der Waals surface area contributed by atoms with Gasteiger partial charge in [-0.15, -0.1) is 0 Å². The standard InChI is InChI=1S/C14H17NO4/c1-10(16)5-6-11-7-8-12(13(9-11)18-4)19-14(17)15(2)3/h5-9H,1-4H3. The summed E-state index contributed by atoms with van der Waals surface area (Å²) >= 11 is 0. The molecule has 0 heterocycles. The predicted octanol–water partition coefficient (Wildman–Crippen LogP) is 2.36. The van der Waals surface area contributed by atoms with E-state index in [1.54, 1.807) is 38.4 Å². The number of benzene rings is 1. The summed E-state index contributed by atoms with van der Waals surface area (Å²) < 4.78 is 10.3. The topological polar surface area (TPSA) is 55.8 Å². The molecule has 102 valence electrons. The van der Waals surface area contributed by atoms with Gasteiger partial charge in [0.1, 0.15) is 0 Å². The number of hydrogen-bond acceptors (Lipinski definition) is 4. The number of ketones is 1. The monoisotopic (exact) mass is 263 g/mol. The summed E-state index contributed by atoms with van der Waals surface area (Å²) in [6.45, 7) is 1.47. The number of allylic oxidation sites excluding steroid dienone is 1. The van der Waals surface area contributed by atoms with Crippen molar-refractivity contribution in [2.75, 3.05) is 21.2 Å².